The molecule has 0 atom stereocenters. The SMILES string of the molecule is CN(C1CCCC1)S(=O)(=O)c1ccc(CC(=O)Nc2ccc(C#N)c(C(F)(F)F)c2)cc1. The average Bonchev–Trinajstić information content (AvgIpc) is 3.27. The van der Waals surface area contributed by atoms with Gasteiger partial charge >= 0.3 is 6.18 Å². The van der Waals surface area contributed by atoms with E-state index in [2.05, 4.69) is 5.32 Å². The fourth-order valence-electron chi connectivity index (χ4n) is 3.75. The van der Waals surface area contributed by atoms with Gasteiger partial charge in [-0.15, -0.1) is 0 Å². The Bertz CT molecular complexity index is 1130. The monoisotopic (exact) mass is 465 g/mol. The summed E-state index contributed by atoms with van der Waals surface area (Å²) in [7, 11) is -2.07. The van der Waals surface area contributed by atoms with Crippen molar-refractivity contribution in [2.75, 3.05) is 12.4 Å². The maximum Gasteiger partial charge on any atom is 0.417 e. The molecule has 1 aliphatic carbocycles. The van der Waals surface area contributed by atoms with Crippen LogP contribution in [-0.4, -0.2) is 31.7 Å². The van der Waals surface area contributed by atoms with E-state index in [-0.39, 0.29) is 23.0 Å². The Morgan fingerprint density at radius 3 is 2.34 bits per heavy atom. The number of nitriles is 1. The second-order valence-electron chi connectivity index (χ2n) is 7.70. The number of rotatable bonds is 6. The van der Waals surface area contributed by atoms with Crippen LogP contribution in [-0.2, 0) is 27.4 Å². The molecular weight excluding hydrogens is 443 g/mol. The molecule has 0 heterocycles. The first-order chi connectivity index (χ1) is 15.0. The van der Waals surface area contributed by atoms with E-state index in [4.69, 9.17) is 5.26 Å². The summed E-state index contributed by atoms with van der Waals surface area (Å²) in [6, 6.07) is 10.3. The summed E-state index contributed by atoms with van der Waals surface area (Å²) in [5.74, 6) is -0.568. The maximum absolute atomic E-state index is 13.1. The molecule has 0 bridgehead atoms. The average molecular weight is 465 g/mol. The van der Waals surface area contributed by atoms with Crippen LogP contribution < -0.4 is 5.32 Å². The molecule has 0 spiro atoms. The van der Waals surface area contributed by atoms with Gasteiger partial charge in [0.25, 0.3) is 0 Å². The number of amides is 1. The van der Waals surface area contributed by atoms with Crippen LogP contribution in [0.25, 0.3) is 0 Å². The van der Waals surface area contributed by atoms with E-state index in [1.807, 2.05) is 0 Å². The zero-order valence-electron chi connectivity index (χ0n) is 17.3. The van der Waals surface area contributed by atoms with Crippen LogP contribution in [0.15, 0.2) is 47.4 Å². The van der Waals surface area contributed by atoms with Crippen molar-refractivity contribution < 1.29 is 26.4 Å². The van der Waals surface area contributed by atoms with Crippen LogP contribution in [0, 0.1) is 11.3 Å². The number of nitrogens with one attached hydrogen (secondary N) is 1. The number of sulfonamides is 1. The zero-order chi connectivity index (χ0) is 23.5. The lowest BCUT2D eigenvalue weighted by atomic mass is 10.1. The molecule has 6 nitrogen and oxygen atoms in total. The maximum atomic E-state index is 13.1. The number of carbonyl (C=O) groups is 1. The van der Waals surface area contributed by atoms with Crippen molar-refractivity contribution in [2.45, 2.75) is 49.2 Å². The van der Waals surface area contributed by atoms with E-state index in [0.29, 0.717) is 11.6 Å². The topological polar surface area (TPSA) is 90.3 Å². The van der Waals surface area contributed by atoms with E-state index in [1.165, 1.54) is 40.7 Å². The van der Waals surface area contributed by atoms with Gasteiger partial charge in [0.15, 0.2) is 0 Å². The summed E-state index contributed by atoms with van der Waals surface area (Å²) in [5.41, 5.74) is -1.23. The van der Waals surface area contributed by atoms with E-state index in [9.17, 15) is 26.4 Å². The van der Waals surface area contributed by atoms with Gasteiger partial charge in [-0.3, -0.25) is 4.79 Å². The number of benzene rings is 2. The van der Waals surface area contributed by atoms with Crippen LogP contribution >= 0.6 is 0 Å². The Labute approximate surface area is 184 Å². The largest absolute Gasteiger partial charge is 0.417 e. The number of hydrogen-bond acceptors (Lipinski definition) is 4. The summed E-state index contributed by atoms with van der Waals surface area (Å²) in [6.45, 7) is 0. The summed E-state index contributed by atoms with van der Waals surface area (Å²) < 4.78 is 66.2. The smallest absolute Gasteiger partial charge is 0.326 e. The summed E-state index contributed by atoms with van der Waals surface area (Å²) >= 11 is 0. The highest BCUT2D eigenvalue weighted by Gasteiger charge is 2.34. The molecular formula is C22H22F3N3O3S. The number of anilines is 1. The third-order valence-electron chi connectivity index (χ3n) is 5.53. The van der Waals surface area contributed by atoms with Crippen molar-refractivity contribution in [3.63, 3.8) is 0 Å². The molecule has 170 valence electrons. The number of carbonyl (C=O) groups excluding carboxylic acids is 1. The van der Waals surface area contributed by atoms with E-state index < -0.39 is 33.2 Å². The predicted octanol–water partition coefficient (Wildman–Crippen LogP) is 4.32. The number of alkyl halides is 3. The molecule has 2 aromatic rings. The van der Waals surface area contributed by atoms with Gasteiger partial charge in [0.1, 0.15) is 0 Å². The van der Waals surface area contributed by atoms with E-state index in [1.54, 1.807) is 7.05 Å². The Morgan fingerprint density at radius 1 is 1.16 bits per heavy atom. The van der Waals surface area contributed by atoms with Gasteiger partial charge in [0.2, 0.25) is 15.9 Å². The van der Waals surface area contributed by atoms with Gasteiger partial charge in [-0.25, -0.2) is 8.42 Å². The molecule has 3 rings (SSSR count). The molecule has 0 unspecified atom stereocenters. The quantitative estimate of drug-likeness (QED) is 0.688. The Kier molecular flexibility index (Phi) is 6.91. The van der Waals surface area contributed by atoms with Gasteiger partial charge in [-0.1, -0.05) is 25.0 Å². The molecule has 0 aliphatic heterocycles. The second-order valence-corrected chi connectivity index (χ2v) is 9.70. The fourth-order valence-corrected chi connectivity index (χ4v) is 5.17. The molecule has 10 heteroatoms. The third-order valence-corrected chi connectivity index (χ3v) is 7.46. The van der Waals surface area contributed by atoms with Crippen LogP contribution in [0.1, 0.15) is 42.4 Å². The van der Waals surface area contributed by atoms with Crippen LogP contribution in [0.5, 0.6) is 0 Å². The molecule has 0 aromatic heterocycles. The van der Waals surface area contributed by atoms with Crippen molar-refractivity contribution in [3.8, 4) is 6.07 Å². The molecule has 1 N–H and O–H groups in total. The Morgan fingerprint density at radius 2 is 1.78 bits per heavy atom. The van der Waals surface area contributed by atoms with Crippen molar-refractivity contribution in [2.24, 2.45) is 0 Å². The standard InChI is InChI=1S/C22H22F3N3O3S/c1-28(18-4-2-3-5-18)32(30,31)19-10-6-15(7-11-19)12-21(29)27-17-9-8-16(14-26)20(13-17)22(23,24)25/h6-11,13,18H,2-5,12H2,1H3,(H,27,29). The van der Waals surface area contributed by atoms with Gasteiger partial charge in [0.05, 0.1) is 28.5 Å². The first-order valence-corrected chi connectivity index (χ1v) is 11.4. The highest BCUT2D eigenvalue weighted by Crippen LogP contribution is 2.33. The lowest BCUT2D eigenvalue weighted by molar-refractivity contribution is -0.137. The molecule has 1 aliphatic rings. The van der Waals surface area contributed by atoms with Gasteiger partial charge in [-0.05, 0) is 48.7 Å². The first kappa shape index (κ1) is 23.8. The van der Waals surface area contributed by atoms with Crippen LogP contribution in [0.2, 0.25) is 0 Å². The van der Waals surface area contributed by atoms with Crippen molar-refractivity contribution in [3.05, 3.63) is 59.2 Å². The summed E-state index contributed by atoms with van der Waals surface area (Å²) in [4.78, 5) is 12.4. The highest BCUT2D eigenvalue weighted by atomic mass is 32.2. The van der Waals surface area contributed by atoms with Crippen molar-refractivity contribution in [1.29, 1.82) is 5.26 Å². The molecule has 32 heavy (non-hydrogen) atoms. The molecule has 1 fully saturated rings. The van der Waals surface area contributed by atoms with Crippen molar-refractivity contribution >= 4 is 21.6 Å². The zero-order valence-corrected chi connectivity index (χ0v) is 18.1. The molecule has 1 saturated carbocycles. The molecule has 2 aromatic carbocycles. The van der Waals surface area contributed by atoms with Crippen LogP contribution in [0.4, 0.5) is 18.9 Å². The van der Waals surface area contributed by atoms with Crippen LogP contribution in [0.3, 0.4) is 0 Å². The van der Waals surface area contributed by atoms with E-state index in [0.717, 1.165) is 31.7 Å². The lowest BCUT2D eigenvalue weighted by Crippen LogP contribution is -2.35. The lowest BCUT2D eigenvalue weighted by Gasteiger charge is -2.23. The second kappa shape index (κ2) is 9.30. The predicted molar refractivity (Wildman–Crippen MR) is 112 cm³/mol. The van der Waals surface area contributed by atoms with Gasteiger partial charge < -0.3 is 5.32 Å². The van der Waals surface area contributed by atoms with Gasteiger partial charge in [0, 0.05) is 18.8 Å². The number of hydrogen-bond donors (Lipinski definition) is 1. The molecule has 1 amide bonds. The minimum atomic E-state index is -4.72. The minimum absolute atomic E-state index is 0.0144. The third kappa shape index (κ3) is 5.29. The number of halogens is 3. The normalized spacial score (nSPS) is 15.0. The highest BCUT2D eigenvalue weighted by molar-refractivity contribution is 7.89. The molecule has 0 saturated heterocycles. The minimum Gasteiger partial charge on any atom is -0.326 e. The summed E-state index contributed by atoms with van der Waals surface area (Å²) in [6.07, 6.45) is -1.21. The van der Waals surface area contributed by atoms with E-state index >= 15 is 0 Å². The van der Waals surface area contributed by atoms with Gasteiger partial charge in [-0.2, -0.15) is 22.7 Å². The summed E-state index contributed by atoms with van der Waals surface area (Å²) in [5, 5.41) is 11.2. The Hall–Kier alpha value is -2.90. The Balaban J connectivity index is 1.68. The first-order valence-electron chi connectivity index (χ1n) is 10.0. The molecule has 0 radical (unpaired) electrons. The fraction of sp³-hybridized carbons (Fsp3) is 0.364. The van der Waals surface area contributed by atoms with Crippen molar-refractivity contribution in [1.82, 2.24) is 4.31 Å². The number of nitrogens with zero attached hydrogens (tertiary/aromatic N) is 2.